The summed E-state index contributed by atoms with van der Waals surface area (Å²) >= 11 is 0. The van der Waals surface area contributed by atoms with Crippen LogP contribution in [0.15, 0.2) is 126 Å². The average molecular weight is 484 g/mol. The SMILES string of the molecule is O=P(OCc1ccccc1)(OCc1ccccc1)C(Nc1cccc2ccccc12)c1ccco1. The molecule has 0 aliphatic rings. The molecule has 0 aliphatic heterocycles. The molecule has 1 unspecified atom stereocenters. The first kappa shape index (κ1) is 23.1. The van der Waals surface area contributed by atoms with E-state index in [1.807, 2.05) is 103 Å². The third kappa shape index (κ3) is 5.55. The Labute approximate surface area is 204 Å². The van der Waals surface area contributed by atoms with Gasteiger partial charge in [0.05, 0.1) is 19.5 Å². The summed E-state index contributed by atoms with van der Waals surface area (Å²) < 4.78 is 32.5. The number of rotatable bonds is 10. The van der Waals surface area contributed by atoms with Crippen LogP contribution < -0.4 is 5.32 Å². The average Bonchev–Trinajstić information content (AvgIpc) is 3.45. The molecule has 0 saturated heterocycles. The Balaban J connectivity index is 1.51. The second-order valence-electron chi connectivity index (χ2n) is 8.15. The van der Waals surface area contributed by atoms with Crippen molar-refractivity contribution in [3.63, 3.8) is 0 Å². The van der Waals surface area contributed by atoms with E-state index in [-0.39, 0.29) is 13.2 Å². The maximum absolute atomic E-state index is 14.5. The van der Waals surface area contributed by atoms with Gasteiger partial charge in [0.1, 0.15) is 5.76 Å². The van der Waals surface area contributed by atoms with E-state index in [4.69, 9.17) is 13.5 Å². The molecule has 0 saturated carbocycles. The standard InChI is InChI=1S/C29H26NO4P/c31-35(33-21-23-11-3-1-4-12-23,34-22-24-13-5-2-6-14-24)29(28-19-10-20-32-28)30-27-18-9-16-25-15-7-8-17-26(25)27/h1-20,29-30H,21-22H2. The van der Waals surface area contributed by atoms with E-state index in [0.717, 1.165) is 27.6 Å². The highest BCUT2D eigenvalue weighted by molar-refractivity contribution is 7.54. The normalized spacial score (nSPS) is 12.5. The Morgan fingerprint density at radius 1 is 0.686 bits per heavy atom. The van der Waals surface area contributed by atoms with Crippen molar-refractivity contribution in [2.24, 2.45) is 0 Å². The van der Waals surface area contributed by atoms with E-state index in [1.165, 1.54) is 0 Å². The topological polar surface area (TPSA) is 60.7 Å². The van der Waals surface area contributed by atoms with Crippen LogP contribution in [0.5, 0.6) is 0 Å². The zero-order valence-electron chi connectivity index (χ0n) is 19.1. The van der Waals surface area contributed by atoms with Crippen LogP contribution >= 0.6 is 7.60 Å². The Morgan fingerprint density at radius 3 is 1.91 bits per heavy atom. The molecule has 5 nitrogen and oxygen atoms in total. The lowest BCUT2D eigenvalue weighted by atomic mass is 10.1. The van der Waals surface area contributed by atoms with Gasteiger partial charge in [-0.15, -0.1) is 0 Å². The molecule has 1 aromatic heterocycles. The van der Waals surface area contributed by atoms with Crippen LogP contribution in [0, 0.1) is 0 Å². The van der Waals surface area contributed by atoms with Gasteiger partial charge in [0.15, 0.2) is 5.78 Å². The monoisotopic (exact) mass is 483 g/mol. The molecular formula is C29H26NO4P. The lowest BCUT2D eigenvalue weighted by Crippen LogP contribution is -2.15. The molecule has 0 bridgehead atoms. The van der Waals surface area contributed by atoms with Crippen LogP contribution in [0.25, 0.3) is 10.8 Å². The molecular weight excluding hydrogens is 457 g/mol. The van der Waals surface area contributed by atoms with Crippen molar-refractivity contribution in [1.29, 1.82) is 0 Å². The summed E-state index contributed by atoms with van der Waals surface area (Å²) in [4.78, 5) is 0. The second-order valence-corrected chi connectivity index (χ2v) is 10.3. The van der Waals surface area contributed by atoms with E-state index in [2.05, 4.69) is 5.32 Å². The van der Waals surface area contributed by atoms with E-state index in [9.17, 15) is 4.57 Å². The fraction of sp³-hybridized carbons (Fsp3) is 0.103. The third-order valence-electron chi connectivity index (χ3n) is 5.72. The molecule has 35 heavy (non-hydrogen) atoms. The quantitative estimate of drug-likeness (QED) is 0.203. The van der Waals surface area contributed by atoms with Gasteiger partial charge in [-0.3, -0.25) is 4.57 Å². The van der Waals surface area contributed by atoms with Gasteiger partial charge >= 0.3 is 7.60 Å². The predicted octanol–water partition coefficient (Wildman–Crippen LogP) is 8.17. The van der Waals surface area contributed by atoms with Gasteiger partial charge in [-0.1, -0.05) is 97.1 Å². The predicted molar refractivity (Wildman–Crippen MR) is 139 cm³/mol. The number of nitrogens with one attached hydrogen (secondary N) is 1. The van der Waals surface area contributed by atoms with Crippen LogP contribution in [-0.2, 0) is 26.8 Å². The summed E-state index contributed by atoms with van der Waals surface area (Å²) in [6, 6.07) is 36.8. The van der Waals surface area contributed by atoms with E-state index in [1.54, 1.807) is 18.4 Å². The van der Waals surface area contributed by atoms with E-state index >= 15 is 0 Å². The largest absolute Gasteiger partial charge is 0.466 e. The minimum Gasteiger partial charge on any atom is -0.466 e. The van der Waals surface area contributed by atoms with Gasteiger partial charge in [0.25, 0.3) is 0 Å². The Hall–Kier alpha value is -3.63. The molecule has 1 atom stereocenters. The number of hydrogen-bond donors (Lipinski definition) is 1. The van der Waals surface area contributed by atoms with Crippen molar-refractivity contribution in [1.82, 2.24) is 0 Å². The zero-order chi connectivity index (χ0) is 23.9. The lowest BCUT2D eigenvalue weighted by molar-refractivity contribution is 0.183. The first-order valence-electron chi connectivity index (χ1n) is 11.5. The zero-order valence-corrected chi connectivity index (χ0v) is 20.0. The van der Waals surface area contributed by atoms with Crippen molar-refractivity contribution < 1.29 is 18.0 Å². The molecule has 1 heterocycles. The number of anilines is 1. The van der Waals surface area contributed by atoms with Gasteiger partial charge in [0.2, 0.25) is 0 Å². The first-order chi connectivity index (χ1) is 17.2. The summed E-state index contributed by atoms with van der Waals surface area (Å²) in [5, 5.41) is 5.50. The maximum Gasteiger partial charge on any atom is 0.361 e. The van der Waals surface area contributed by atoms with Gasteiger partial charge in [-0.2, -0.15) is 0 Å². The van der Waals surface area contributed by atoms with Crippen molar-refractivity contribution in [3.8, 4) is 0 Å². The Bertz CT molecular complexity index is 1350. The molecule has 0 spiro atoms. The number of hydrogen-bond acceptors (Lipinski definition) is 5. The highest BCUT2D eigenvalue weighted by atomic mass is 31.2. The number of furan rings is 1. The maximum atomic E-state index is 14.5. The van der Waals surface area contributed by atoms with Crippen LogP contribution in [0.4, 0.5) is 5.69 Å². The van der Waals surface area contributed by atoms with Crippen molar-refractivity contribution in [2.75, 3.05) is 5.32 Å². The third-order valence-corrected chi connectivity index (χ3v) is 7.71. The summed E-state index contributed by atoms with van der Waals surface area (Å²) in [5.41, 5.74) is 2.62. The van der Waals surface area contributed by atoms with Crippen LogP contribution in [0.2, 0.25) is 0 Å². The first-order valence-corrected chi connectivity index (χ1v) is 13.1. The van der Waals surface area contributed by atoms with Crippen LogP contribution in [-0.4, -0.2) is 0 Å². The number of benzene rings is 4. The van der Waals surface area contributed by atoms with Crippen LogP contribution in [0.1, 0.15) is 22.7 Å². The highest BCUT2D eigenvalue weighted by Crippen LogP contribution is 2.62. The van der Waals surface area contributed by atoms with Gasteiger partial charge in [-0.25, -0.2) is 0 Å². The molecule has 1 N–H and O–H groups in total. The molecule has 0 amide bonds. The molecule has 176 valence electrons. The van der Waals surface area contributed by atoms with E-state index < -0.39 is 13.4 Å². The van der Waals surface area contributed by atoms with Crippen molar-refractivity contribution >= 4 is 24.1 Å². The molecule has 6 heteroatoms. The summed E-state index contributed by atoms with van der Waals surface area (Å²) in [6.07, 6.45) is 1.56. The highest BCUT2D eigenvalue weighted by Gasteiger charge is 2.40. The number of fused-ring (bicyclic) bond motifs is 1. The Morgan fingerprint density at radius 2 is 1.29 bits per heavy atom. The van der Waals surface area contributed by atoms with Gasteiger partial charge in [0, 0.05) is 11.1 Å². The fourth-order valence-corrected chi connectivity index (χ4v) is 5.70. The minimum atomic E-state index is -3.80. The second kappa shape index (κ2) is 10.7. The summed E-state index contributed by atoms with van der Waals surface area (Å²) in [7, 11) is -3.80. The molecule has 0 aliphatic carbocycles. The van der Waals surface area contributed by atoms with Crippen molar-refractivity contribution in [3.05, 3.63) is 138 Å². The molecule has 5 aromatic rings. The lowest BCUT2D eigenvalue weighted by Gasteiger charge is -2.28. The minimum absolute atomic E-state index is 0.140. The summed E-state index contributed by atoms with van der Waals surface area (Å²) in [6.45, 7) is 0.280. The molecule has 4 aromatic carbocycles. The van der Waals surface area contributed by atoms with Gasteiger partial charge in [-0.05, 0) is 34.7 Å². The van der Waals surface area contributed by atoms with Gasteiger partial charge < -0.3 is 18.8 Å². The van der Waals surface area contributed by atoms with E-state index in [0.29, 0.717) is 5.76 Å². The Kier molecular flexibility index (Phi) is 7.10. The molecule has 0 fully saturated rings. The smallest absolute Gasteiger partial charge is 0.361 e. The van der Waals surface area contributed by atoms with Crippen molar-refractivity contribution in [2.45, 2.75) is 19.0 Å². The summed E-state index contributed by atoms with van der Waals surface area (Å²) in [5.74, 6) is -0.377. The van der Waals surface area contributed by atoms with Crippen LogP contribution in [0.3, 0.4) is 0 Å². The molecule has 5 rings (SSSR count). The fourth-order valence-electron chi connectivity index (χ4n) is 3.92. The molecule has 0 radical (unpaired) electrons.